The first-order valence-corrected chi connectivity index (χ1v) is 7.22. The van der Waals surface area contributed by atoms with Crippen LogP contribution in [0.5, 0.6) is 0 Å². The molecule has 0 aliphatic heterocycles. The minimum absolute atomic E-state index is 0.0651. The highest BCUT2D eigenvalue weighted by Gasteiger charge is 2.15. The van der Waals surface area contributed by atoms with Crippen molar-refractivity contribution in [3.05, 3.63) is 18.2 Å². The van der Waals surface area contributed by atoms with Gasteiger partial charge in [0.15, 0.2) is 0 Å². The summed E-state index contributed by atoms with van der Waals surface area (Å²) in [5, 5.41) is 7.56. The van der Waals surface area contributed by atoms with Crippen molar-refractivity contribution in [3.8, 4) is 0 Å². The van der Waals surface area contributed by atoms with Gasteiger partial charge in [-0.1, -0.05) is 0 Å². The predicted molar refractivity (Wildman–Crippen MR) is 74.2 cm³/mol. The smallest absolute Gasteiger partial charge is 0.240 e. The summed E-state index contributed by atoms with van der Waals surface area (Å²) in [6, 6.07) is 4.40. The standard InChI is InChI=1S/C11H18N4O3S/c1-3-15(7-11(16)14-2)8-4-5-10(9(12)6-8)19(13,17)18/h4-6H,3,7,12H2,1-2H3,(H,14,16)(H2,13,17,18). The lowest BCUT2D eigenvalue weighted by Crippen LogP contribution is -2.35. The Balaban J connectivity index is 3.08. The molecule has 0 fully saturated rings. The molecule has 0 unspecified atom stereocenters. The first-order valence-electron chi connectivity index (χ1n) is 5.67. The summed E-state index contributed by atoms with van der Waals surface area (Å²) in [6.07, 6.45) is 0. The molecule has 0 aromatic heterocycles. The molecule has 0 atom stereocenters. The number of nitrogens with one attached hydrogen (secondary N) is 1. The molecular weight excluding hydrogens is 268 g/mol. The molecule has 1 rings (SSSR count). The van der Waals surface area contributed by atoms with Gasteiger partial charge < -0.3 is 16.0 Å². The summed E-state index contributed by atoms with van der Waals surface area (Å²) < 4.78 is 22.5. The van der Waals surface area contributed by atoms with Gasteiger partial charge >= 0.3 is 0 Å². The molecule has 0 bridgehead atoms. The van der Waals surface area contributed by atoms with Gasteiger partial charge in [-0.05, 0) is 25.1 Å². The largest absolute Gasteiger partial charge is 0.398 e. The van der Waals surface area contributed by atoms with E-state index in [4.69, 9.17) is 10.9 Å². The molecule has 19 heavy (non-hydrogen) atoms. The fraction of sp³-hybridized carbons (Fsp3) is 0.364. The van der Waals surface area contributed by atoms with Crippen molar-refractivity contribution < 1.29 is 13.2 Å². The maximum atomic E-state index is 11.4. The van der Waals surface area contributed by atoms with E-state index in [2.05, 4.69) is 5.32 Å². The van der Waals surface area contributed by atoms with Crippen molar-refractivity contribution in [2.75, 3.05) is 30.8 Å². The molecule has 0 saturated carbocycles. The molecule has 0 aliphatic carbocycles. The number of sulfonamides is 1. The SMILES string of the molecule is CCN(CC(=O)NC)c1ccc(S(N)(=O)=O)c(N)c1. The number of rotatable bonds is 5. The Morgan fingerprint density at radius 2 is 2.05 bits per heavy atom. The quantitative estimate of drug-likeness (QED) is 0.630. The topological polar surface area (TPSA) is 119 Å². The van der Waals surface area contributed by atoms with Crippen molar-refractivity contribution in [2.45, 2.75) is 11.8 Å². The van der Waals surface area contributed by atoms with Crippen LogP contribution in [0.25, 0.3) is 0 Å². The maximum absolute atomic E-state index is 11.4. The second kappa shape index (κ2) is 5.89. The van der Waals surface area contributed by atoms with E-state index in [0.29, 0.717) is 12.2 Å². The second-order valence-corrected chi connectivity index (χ2v) is 5.48. The van der Waals surface area contributed by atoms with Gasteiger partial charge in [-0.3, -0.25) is 4.79 Å². The van der Waals surface area contributed by atoms with E-state index in [1.165, 1.54) is 12.1 Å². The van der Waals surface area contributed by atoms with Gasteiger partial charge in [0.05, 0.1) is 12.2 Å². The van der Waals surface area contributed by atoms with Crippen LogP contribution < -0.4 is 21.1 Å². The van der Waals surface area contributed by atoms with Crippen LogP contribution in [-0.4, -0.2) is 34.5 Å². The molecule has 0 saturated heterocycles. The van der Waals surface area contributed by atoms with Gasteiger partial charge in [0.2, 0.25) is 15.9 Å². The second-order valence-electron chi connectivity index (χ2n) is 3.95. The van der Waals surface area contributed by atoms with Crippen LogP contribution in [0.1, 0.15) is 6.92 Å². The average Bonchev–Trinajstić information content (AvgIpc) is 2.33. The zero-order valence-electron chi connectivity index (χ0n) is 10.9. The molecule has 106 valence electrons. The number of nitrogens with two attached hydrogens (primary N) is 2. The van der Waals surface area contributed by atoms with Crippen molar-refractivity contribution in [3.63, 3.8) is 0 Å². The van der Waals surface area contributed by atoms with Gasteiger partial charge in [0, 0.05) is 19.3 Å². The number of likely N-dealkylation sites (N-methyl/N-ethyl adjacent to an activating group) is 2. The van der Waals surface area contributed by atoms with Gasteiger partial charge in [-0.15, -0.1) is 0 Å². The molecule has 0 heterocycles. The zero-order chi connectivity index (χ0) is 14.6. The third-order valence-corrected chi connectivity index (χ3v) is 3.64. The third kappa shape index (κ3) is 3.83. The average molecular weight is 286 g/mol. The van der Waals surface area contributed by atoms with Crippen LogP contribution in [0.4, 0.5) is 11.4 Å². The number of nitrogens with zero attached hydrogens (tertiary/aromatic N) is 1. The van der Waals surface area contributed by atoms with E-state index >= 15 is 0 Å². The van der Waals surface area contributed by atoms with Crippen LogP contribution >= 0.6 is 0 Å². The van der Waals surface area contributed by atoms with Crippen LogP contribution in [-0.2, 0) is 14.8 Å². The highest BCUT2D eigenvalue weighted by Crippen LogP contribution is 2.23. The Morgan fingerprint density at radius 1 is 1.42 bits per heavy atom. The maximum Gasteiger partial charge on any atom is 0.240 e. The minimum atomic E-state index is -3.83. The monoisotopic (exact) mass is 286 g/mol. The van der Waals surface area contributed by atoms with Crippen molar-refractivity contribution in [2.24, 2.45) is 5.14 Å². The minimum Gasteiger partial charge on any atom is -0.398 e. The van der Waals surface area contributed by atoms with Crippen molar-refractivity contribution in [1.82, 2.24) is 5.32 Å². The number of carbonyl (C=O) groups excluding carboxylic acids is 1. The number of anilines is 2. The van der Waals surface area contributed by atoms with Crippen LogP contribution in [0.2, 0.25) is 0 Å². The van der Waals surface area contributed by atoms with Gasteiger partial charge in [-0.25, -0.2) is 13.6 Å². The number of nitrogen functional groups attached to an aromatic ring is 1. The lowest BCUT2D eigenvalue weighted by atomic mass is 10.2. The molecule has 1 aromatic rings. The first kappa shape index (κ1) is 15.3. The normalized spacial score (nSPS) is 11.1. The van der Waals surface area contributed by atoms with Gasteiger partial charge in [-0.2, -0.15) is 0 Å². The molecule has 0 aliphatic rings. The summed E-state index contributed by atoms with van der Waals surface area (Å²) in [6.45, 7) is 2.63. The number of hydrogen-bond acceptors (Lipinski definition) is 5. The highest BCUT2D eigenvalue weighted by atomic mass is 32.2. The van der Waals surface area contributed by atoms with E-state index in [9.17, 15) is 13.2 Å². The summed E-state index contributed by atoms with van der Waals surface area (Å²) in [5.74, 6) is -0.143. The molecular formula is C11H18N4O3S. The summed E-state index contributed by atoms with van der Waals surface area (Å²) in [5.41, 5.74) is 6.41. The Labute approximate surface area is 112 Å². The number of benzene rings is 1. The Bertz CT molecular complexity index is 571. The van der Waals surface area contributed by atoms with Crippen molar-refractivity contribution in [1.29, 1.82) is 0 Å². The summed E-state index contributed by atoms with van der Waals surface area (Å²) >= 11 is 0. The molecule has 7 nitrogen and oxygen atoms in total. The molecule has 5 N–H and O–H groups in total. The van der Waals surface area contributed by atoms with Gasteiger partial charge in [0.1, 0.15) is 4.90 Å². The molecule has 0 radical (unpaired) electrons. The molecule has 8 heteroatoms. The Morgan fingerprint density at radius 3 is 2.47 bits per heavy atom. The van der Waals surface area contributed by atoms with Crippen LogP contribution in [0, 0.1) is 0 Å². The Kier molecular flexibility index (Phi) is 4.73. The van der Waals surface area contributed by atoms with E-state index in [0.717, 1.165) is 0 Å². The van der Waals surface area contributed by atoms with E-state index in [1.807, 2.05) is 6.92 Å². The molecule has 1 aromatic carbocycles. The molecule has 1 amide bonds. The van der Waals surface area contributed by atoms with Crippen LogP contribution in [0.3, 0.4) is 0 Å². The van der Waals surface area contributed by atoms with Gasteiger partial charge in [0.25, 0.3) is 0 Å². The van der Waals surface area contributed by atoms with Crippen LogP contribution in [0.15, 0.2) is 23.1 Å². The predicted octanol–water partition coefficient (Wildman–Crippen LogP) is -0.511. The lowest BCUT2D eigenvalue weighted by Gasteiger charge is -2.22. The van der Waals surface area contributed by atoms with E-state index in [1.54, 1.807) is 18.0 Å². The van der Waals surface area contributed by atoms with Crippen molar-refractivity contribution >= 4 is 27.3 Å². The fourth-order valence-electron chi connectivity index (χ4n) is 1.63. The highest BCUT2D eigenvalue weighted by molar-refractivity contribution is 7.89. The third-order valence-electron chi connectivity index (χ3n) is 2.66. The number of primary sulfonamides is 1. The van der Waals surface area contributed by atoms with E-state index in [-0.39, 0.29) is 23.0 Å². The number of carbonyl (C=O) groups is 1. The Hall–Kier alpha value is -1.80. The number of amides is 1. The number of hydrogen-bond donors (Lipinski definition) is 3. The van der Waals surface area contributed by atoms with E-state index < -0.39 is 10.0 Å². The first-order chi connectivity index (χ1) is 8.79. The fourth-order valence-corrected chi connectivity index (χ4v) is 2.27. The molecule has 0 spiro atoms. The summed E-state index contributed by atoms with van der Waals surface area (Å²) in [4.78, 5) is 13.0. The zero-order valence-corrected chi connectivity index (χ0v) is 11.7. The lowest BCUT2D eigenvalue weighted by molar-refractivity contribution is -0.119. The summed E-state index contributed by atoms with van der Waals surface area (Å²) in [7, 11) is -2.28.